The van der Waals surface area contributed by atoms with Crippen molar-refractivity contribution in [3.8, 4) is 0 Å². The first-order valence-corrected chi connectivity index (χ1v) is 8.61. The molecule has 0 saturated carbocycles. The third-order valence-electron chi connectivity index (χ3n) is 2.74. The van der Waals surface area contributed by atoms with Crippen molar-refractivity contribution in [1.29, 1.82) is 0 Å². The van der Waals surface area contributed by atoms with E-state index in [9.17, 15) is 4.79 Å². The van der Waals surface area contributed by atoms with Crippen LogP contribution < -0.4 is 10.6 Å². The Morgan fingerprint density at radius 2 is 1.71 bits per heavy atom. The lowest BCUT2D eigenvalue weighted by Gasteiger charge is -2.13. The quantitative estimate of drug-likeness (QED) is 0.553. The van der Waals surface area contributed by atoms with Crippen LogP contribution >= 0.6 is 59.4 Å². The van der Waals surface area contributed by atoms with Gasteiger partial charge in [-0.1, -0.05) is 27.5 Å². The summed E-state index contributed by atoms with van der Waals surface area (Å²) in [5.74, 6) is -0.245. The van der Waals surface area contributed by atoms with Crippen molar-refractivity contribution in [2.24, 2.45) is 0 Å². The summed E-state index contributed by atoms with van der Waals surface area (Å²) in [6.45, 7) is 0. The molecule has 1 amide bonds. The molecule has 110 valence electrons. The zero-order valence-electron chi connectivity index (χ0n) is 10.8. The van der Waals surface area contributed by atoms with Crippen LogP contribution in [0.4, 0.5) is 11.4 Å². The van der Waals surface area contributed by atoms with Crippen LogP contribution in [0.3, 0.4) is 0 Å². The number of carbonyl (C=O) groups is 1. The molecule has 0 spiro atoms. The largest absolute Gasteiger partial charge is 0.387 e. The number of benzene rings is 2. The number of carbonyl (C=O) groups excluding carboxylic acids is 1. The number of nitrogens with one attached hydrogen (secondary N) is 2. The van der Waals surface area contributed by atoms with Crippen LogP contribution in [0.15, 0.2) is 43.7 Å². The highest BCUT2D eigenvalue weighted by molar-refractivity contribution is 9.11. The standard InChI is InChI=1S/C14H10Br3ClN2O/c1-19-12-3-2-8(18)6-9(12)14(21)20-13-10(16)4-7(15)5-11(13)17/h2-6,19H,1H3,(H,20,21). The van der Waals surface area contributed by atoms with E-state index in [-0.39, 0.29) is 5.91 Å². The van der Waals surface area contributed by atoms with Crippen molar-refractivity contribution in [1.82, 2.24) is 0 Å². The van der Waals surface area contributed by atoms with Crippen LogP contribution in [0.1, 0.15) is 10.4 Å². The molecule has 21 heavy (non-hydrogen) atoms. The summed E-state index contributed by atoms with van der Waals surface area (Å²) in [7, 11) is 1.76. The lowest BCUT2D eigenvalue weighted by molar-refractivity contribution is 0.102. The van der Waals surface area contributed by atoms with Gasteiger partial charge in [-0.3, -0.25) is 4.79 Å². The molecule has 2 aromatic rings. The minimum absolute atomic E-state index is 0.245. The van der Waals surface area contributed by atoms with Gasteiger partial charge >= 0.3 is 0 Å². The van der Waals surface area contributed by atoms with E-state index in [0.717, 1.165) is 13.4 Å². The number of amides is 1. The molecule has 2 aromatic carbocycles. The lowest BCUT2D eigenvalue weighted by Crippen LogP contribution is -2.14. The summed E-state index contributed by atoms with van der Waals surface area (Å²) in [6, 6.07) is 8.84. The van der Waals surface area contributed by atoms with Crippen molar-refractivity contribution < 1.29 is 4.79 Å². The molecule has 0 aliphatic rings. The topological polar surface area (TPSA) is 41.1 Å². The summed E-state index contributed by atoms with van der Waals surface area (Å²) < 4.78 is 2.44. The zero-order chi connectivity index (χ0) is 15.6. The molecular weight excluding hydrogens is 487 g/mol. The van der Waals surface area contributed by atoms with Gasteiger partial charge in [-0.25, -0.2) is 0 Å². The number of hydrogen-bond donors (Lipinski definition) is 2. The smallest absolute Gasteiger partial charge is 0.257 e. The molecule has 0 aliphatic carbocycles. The van der Waals surface area contributed by atoms with Gasteiger partial charge < -0.3 is 10.6 Å². The summed E-state index contributed by atoms with van der Waals surface area (Å²) in [5, 5.41) is 6.36. The Morgan fingerprint density at radius 3 is 2.29 bits per heavy atom. The van der Waals surface area contributed by atoms with Crippen molar-refractivity contribution in [3.05, 3.63) is 54.3 Å². The van der Waals surface area contributed by atoms with E-state index in [1.807, 2.05) is 12.1 Å². The van der Waals surface area contributed by atoms with E-state index < -0.39 is 0 Å². The average Bonchev–Trinajstić information content (AvgIpc) is 2.42. The van der Waals surface area contributed by atoms with Gasteiger partial charge in [0, 0.05) is 31.2 Å². The SMILES string of the molecule is CNc1ccc(Cl)cc1C(=O)Nc1c(Br)cc(Br)cc1Br. The number of anilines is 2. The van der Waals surface area contributed by atoms with E-state index >= 15 is 0 Å². The predicted octanol–water partition coefficient (Wildman–Crippen LogP) is 5.92. The first-order chi connectivity index (χ1) is 9.92. The molecule has 0 heterocycles. The Bertz CT molecular complexity index is 684. The molecule has 0 atom stereocenters. The van der Waals surface area contributed by atoms with Crippen molar-refractivity contribution in [2.75, 3.05) is 17.7 Å². The number of hydrogen-bond acceptors (Lipinski definition) is 2. The predicted molar refractivity (Wildman–Crippen MR) is 98.5 cm³/mol. The number of rotatable bonds is 3. The maximum absolute atomic E-state index is 12.5. The highest BCUT2D eigenvalue weighted by atomic mass is 79.9. The highest BCUT2D eigenvalue weighted by Crippen LogP contribution is 2.35. The van der Waals surface area contributed by atoms with Crippen LogP contribution in [0, 0.1) is 0 Å². The molecule has 3 nitrogen and oxygen atoms in total. The Balaban J connectivity index is 2.37. The second kappa shape index (κ2) is 7.13. The number of halogens is 4. The van der Waals surface area contributed by atoms with Gasteiger partial charge in [0.25, 0.3) is 5.91 Å². The first-order valence-electron chi connectivity index (χ1n) is 5.85. The van der Waals surface area contributed by atoms with E-state index in [2.05, 4.69) is 58.4 Å². The van der Waals surface area contributed by atoms with Gasteiger partial charge in [-0.2, -0.15) is 0 Å². The Morgan fingerprint density at radius 1 is 1.10 bits per heavy atom. The van der Waals surface area contributed by atoms with Crippen molar-refractivity contribution in [3.63, 3.8) is 0 Å². The summed E-state index contributed by atoms with van der Waals surface area (Å²) in [6.07, 6.45) is 0. The average molecular weight is 497 g/mol. The van der Waals surface area contributed by atoms with Gasteiger partial charge in [0.15, 0.2) is 0 Å². The minimum Gasteiger partial charge on any atom is -0.387 e. The lowest BCUT2D eigenvalue weighted by atomic mass is 10.1. The Hall–Kier alpha value is -0.560. The minimum atomic E-state index is -0.245. The van der Waals surface area contributed by atoms with E-state index in [1.165, 1.54) is 0 Å². The van der Waals surface area contributed by atoms with Crippen LogP contribution in [0.2, 0.25) is 5.02 Å². The molecule has 0 aliphatic heterocycles. The molecule has 2 rings (SSSR count). The normalized spacial score (nSPS) is 10.3. The molecule has 0 radical (unpaired) electrons. The third kappa shape index (κ3) is 4.00. The monoisotopic (exact) mass is 494 g/mol. The maximum Gasteiger partial charge on any atom is 0.257 e. The first kappa shape index (κ1) is 16.8. The van der Waals surface area contributed by atoms with Gasteiger partial charge in [-0.15, -0.1) is 0 Å². The molecule has 0 aromatic heterocycles. The fourth-order valence-electron chi connectivity index (χ4n) is 1.76. The third-order valence-corrected chi connectivity index (χ3v) is 4.68. The van der Waals surface area contributed by atoms with E-state index in [1.54, 1.807) is 25.2 Å². The van der Waals surface area contributed by atoms with Crippen LogP contribution in [0.25, 0.3) is 0 Å². The van der Waals surface area contributed by atoms with Crippen molar-refractivity contribution >= 4 is 76.7 Å². The molecule has 0 saturated heterocycles. The maximum atomic E-state index is 12.5. The van der Waals surface area contributed by atoms with E-state index in [4.69, 9.17) is 11.6 Å². The fourth-order valence-corrected chi connectivity index (χ4v) is 4.39. The second-order valence-corrected chi connectivity index (χ2v) is 7.20. The molecule has 2 N–H and O–H groups in total. The van der Waals surface area contributed by atoms with Crippen molar-refractivity contribution in [2.45, 2.75) is 0 Å². The van der Waals surface area contributed by atoms with Crippen LogP contribution in [-0.4, -0.2) is 13.0 Å². The van der Waals surface area contributed by atoms with Crippen LogP contribution in [0.5, 0.6) is 0 Å². The van der Waals surface area contributed by atoms with Gasteiger partial charge in [0.1, 0.15) is 0 Å². The summed E-state index contributed by atoms with van der Waals surface area (Å²) >= 11 is 16.2. The summed E-state index contributed by atoms with van der Waals surface area (Å²) in [4.78, 5) is 12.5. The molecular formula is C14H10Br3ClN2O. The Kier molecular flexibility index (Phi) is 5.71. The van der Waals surface area contributed by atoms with Gasteiger partial charge in [-0.05, 0) is 62.2 Å². The van der Waals surface area contributed by atoms with E-state index in [0.29, 0.717) is 22.0 Å². The van der Waals surface area contributed by atoms with Gasteiger partial charge in [0.05, 0.1) is 11.3 Å². The molecule has 0 unspecified atom stereocenters. The van der Waals surface area contributed by atoms with Gasteiger partial charge in [0.2, 0.25) is 0 Å². The summed E-state index contributed by atoms with van der Waals surface area (Å²) in [5.41, 5.74) is 1.85. The zero-order valence-corrected chi connectivity index (χ0v) is 16.3. The molecule has 7 heteroatoms. The second-order valence-electron chi connectivity index (χ2n) is 4.14. The van der Waals surface area contributed by atoms with Crippen LogP contribution in [-0.2, 0) is 0 Å². The highest BCUT2D eigenvalue weighted by Gasteiger charge is 2.15. The Labute approximate surface area is 152 Å². The molecule has 0 bridgehead atoms. The fraction of sp³-hybridized carbons (Fsp3) is 0.0714. The molecule has 0 fully saturated rings.